The van der Waals surface area contributed by atoms with Gasteiger partial charge in [-0.05, 0) is 11.1 Å². The standard InChI is InChI=1S/C18H17N5S/c19-12-17-22-23-16(20-21-18(23)24-17)11-15(13-7-3-1-4-8-13)14-9-5-2-6-10-14/h1-10,15H,11-12,19H2. The van der Waals surface area contributed by atoms with Crippen molar-refractivity contribution in [2.45, 2.75) is 18.9 Å². The Hall–Kier alpha value is -2.57. The molecule has 0 aliphatic carbocycles. The number of hydrogen-bond donors (Lipinski definition) is 1. The minimum atomic E-state index is 0.211. The third-order valence-electron chi connectivity index (χ3n) is 4.06. The van der Waals surface area contributed by atoms with Crippen molar-refractivity contribution in [3.8, 4) is 0 Å². The van der Waals surface area contributed by atoms with Crippen LogP contribution in [0, 0.1) is 0 Å². The Labute approximate surface area is 143 Å². The Balaban J connectivity index is 1.75. The summed E-state index contributed by atoms with van der Waals surface area (Å²) in [7, 11) is 0. The molecule has 24 heavy (non-hydrogen) atoms. The van der Waals surface area contributed by atoms with Crippen LogP contribution in [0.15, 0.2) is 60.7 Å². The number of nitrogens with two attached hydrogens (primary N) is 1. The van der Waals surface area contributed by atoms with Crippen LogP contribution in [0.4, 0.5) is 0 Å². The van der Waals surface area contributed by atoms with E-state index in [1.807, 2.05) is 16.6 Å². The number of aromatic nitrogens is 4. The van der Waals surface area contributed by atoms with Gasteiger partial charge in [0, 0.05) is 18.9 Å². The van der Waals surface area contributed by atoms with Crippen LogP contribution < -0.4 is 5.73 Å². The molecule has 2 heterocycles. The minimum absolute atomic E-state index is 0.211. The van der Waals surface area contributed by atoms with Crippen molar-refractivity contribution >= 4 is 16.3 Å². The Morgan fingerprint density at radius 2 is 1.54 bits per heavy atom. The Kier molecular flexibility index (Phi) is 4.06. The van der Waals surface area contributed by atoms with Crippen molar-refractivity contribution in [2.24, 2.45) is 5.73 Å². The van der Waals surface area contributed by atoms with Gasteiger partial charge in [-0.15, -0.1) is 10.2 Å². The van der Waals surface area contributed by atoms with Gasteiger partial charge in [0.25, 0.3) is 0 Å². The molecule has 0 unspecified atom stereocenters. The summed E-state index contributed by atoms with van der Waals surface area (Å²) in [6, 6.07) is 21.0. The average Bonchev–Trinajstić information content (AvgIpc) is 3.22. The molecule has 2 aromatic carbocycles. The van der Waals surface area contributed by atoms with Gasteiger partial charge in [0.15, 0.2) is 5.82 Å². The highest BCUT2D eigenvalue weighted by molar-refractivity contribution is 7.16. The molecule has 120 valence electrons. The number of rotatable bonds is 5. The van der Waals surface area contributed by atoms with Crippen molar-refractivity contribution < 1.29 is 0 Å². The fraction of sp³-hybridized carbons (Fsp3) is 0.167. The van der Waals surface area contributed by atoms with Crippen LogP contribution in [0.3, 0.4) is 0 Å². The molecule has 4 rings (SSSR count). The molecule has 0 saturated heterocycles. The summed E-state index contributed by atoms with van der Waals surface area (Å²) in [5.74, 6) is 1.07. The van der Waals surface area contributed by atoms with Crippen LogP contribution in [0.5, 0.6) is 0 Å². The van der Waals surface area contributed by atoms with Gasteiger partial charge in [-0.1, -0.05) is 72.0 Å². The first-order valence-corrected chi connectivity index (χ1v) is 8.67. The lowest BCUT2D eigenvalue weighted by Gasteiger charge is -2.16. The molecule has 0 radical (unpaired) electrons. The van der Waals surface area contributed by atoms with Gasteiger partial charge in [0.1, 0.15) is 5.01 Å². The third-order valence-corrected chi connectivity index (χ3v) is 4.98. The molecular formula is C18H17N5S. The molecule has 0 aliphatic rings. The highest BCUT2D eigenvalue weighted by atomic mass is 32.1. The molecule has 0 bridgehead atoms. The van der Waals surface area contributed by atoms with E-state index in [0.29, 0.717) is 6.54 Å². The summed E-state index contributed by atoms with van der Waals surface area (Å²) in [6.07, 6.45) is 0.739. The second-order valence-corrected chi connectivity index (χ2v) is 6.63. The second-order valence-electron chi connectivity index (χ2n) is 5.59. The molecule has 2 aromatic heterocycles. The van der Waals surface area contributed by atoms with E-state index in [1.54, 1.807) is 0 Å². The summed E-state index contributed by atoms with van der Waals surface area (Å²) in [4.78, 5) is 0.797. The van der Waals surface area contributed by atoms with E-state index in [4.69, 9.17) is 5.73 Å². The maximum atomic E-state index is 5.69. The van der Waals surface area contributed by atoms with Gasteiger partial charge >= 0.3 is 0 Å². The highest BCUT2D eigenvalue weighted by Crippen LogP contribution is 2.28. The van der Waals surface area contributed by atoms with Crippen molar-refractivity contribution in [1.29, 1.82) is 0 Å². The molecular weight excluding hydrogens is 318 g/mol. The molecule has 0 amide bonds. The van der Waals surface area contributed by atoms with E-state index in [0.717, 1.165) is 22.2 Å². The minimum Gasteiger partial charge on any atom is -0.324 e. The lowest BCUT2D eigenvalue weighted by Crippen LogP contribution is -2.09. The fourth-order valence-corrected chi connectivity index (χ4v) is 3.62. The smallest absolute Gasteiger partial charge is 0.234 e. The summed E-state index contributed by atoms with van der Waals surface area (Å²) < 4.78 is 1.83. The third kappa shape index (κ3) is 2.81. The monoisotopic (exact) mass is 335 g/mol. The second kappa shape index (κ2) is 6.51. The summed E-state index contributed by atoms with van der Waals surface area (Å²) in [6.45, 7) is 0.425. The van der Waals surface area contributed by atoms with Crippen molar-refractivity contribution in [3.05, 3.63) is 82.6 Å². The molecule has 6 heteroatoms. The normalized spacial score (nSPS) is 11.4. The van der Waals surface area contributed by atoms with Crippen LogP contribution in [-0.2, 0) is 13.0 Å². The molecule has 0 fully saturated rings. The molecule has 4 aromatic rings. The molecule has 0 atom stereocenters. The molecule has 0 aliphatic heterocycles. The van der Waals surface area contributed by atoms with Crippen molar-refractivity contribution in [1.82, 2.24) is 19.8 Å². The maximum absolute atomic E-state index is 5.69. The number of nitrogens with zero attached hydrogens (tertiary/aromatic N) is 4. The zero-order valence-corrected chi connectivity index (χ0v) is 13.9. The first-order valence-electron chi connectivity index (χ1n) is 7.85. The zero-order valence-electron chi connectivity index (χ0n) is 13.0. The number of benzene rings is 2. The summed E-state index contributed by atoms with van der Waals surface area (Å²) in [5.41, 5.74) is 8.21. The molecule has 5 nitrogen and oxygen atoms in total. The van der Waals surface area contributed by atoms with Gasteiger partial charge < -0.3 is 5.73 Å². The van der Waals surface area contributed by atoms with E-state index in [1.165, 1.54) is 22.5 Å². The fourth-order valence-electron chi connectivity index (χ4n) is 2.89. The van der Waals surface area contributed by atoms with Crippen LogP contribution >= 0.6 is 11.3 Å². The number of hydrogen-bond acceptors (Lipinski definition) is 5. The van der Waals surface area contributed by atoms with E-state index >= 15 is 0 Å². The molecule has 0 spiro atoms. The maximum Gasteiger partial charge on any atom is 0.234 e. The van der Waals surface area contributed by atoms with Crippen LogP contribution in [0.25, 0.3) is 4.96 Å². The largest absolute Gasteiger partial charge is 0.324 e. The molecule has 2 N–H and O–H groups in total. The Morgan fingerprint density at radius 1 is 0.917 bits per heavy atom. The quantitative estimate of drug-likeness (QED) is 0.609. The van der Waals surface area contributed by atoms with Gasteiger partial charge in [0.2, 0.25) is 4.96 Å². The van der Waals surface area contributed by atoms with Crippen LogP contribution in [-0.4, -0.2) is 19.8 Å². The number of fused-ring (bicyclic) bond motifs is 1. The van der Waals surface area contributed by atoms with Gasteiger partial charge in [0.05, 0.1) is 0 Å². The van der Waals surface area contributed by atoms with Gasteiger partial charge in [-0.3, -0.25) is 0 Å². The zero-order chi connectivity index (χ0) is 16.4. The predicted octanol–water partition coefficient (Wildman–Crippen LogP) is 3.02. The summed E-state index contributed by atoms with van der Waals surface area (Å²) in [5, 5.41) is 14.0. The van der Waals surface area contributed by atoms with E-state index in [9.17, 15) is 0 Å². The lowest BCUT2D eigenvalue weighted by atomic mass is 9.88. The van der Waals surface area contributed by atoms with Gasteiger partial charge in [-0.2, -0.15) is 9.61 Å². The first kappa shape index (κ1) is 15.0. The van der Waals surface area contributed by atoms with Crippen molar-refractivity contribution in [2.75, 3.05) is 0 Å². The van der Waals surface area contributed by atoms with E-state index in [2.05, 4.69) is 63.8 Å². The SMILES string of the molecule is NCc1nn2c(CC(c3ccccc3)c3ccccc3)nnc2s1. The van der Waals surface area contributed by atoms with Gasteiger partial charge in [-0.25, -0.2) is 0 Å². The first-order chi connectivity index (χ1) is 11.8. The Morgan fingerprint density at radius 3 is 2.12 bits per heavy atom. The lowest BCUT2D eigenvalue weighted by molar-refractivity contribution is 0.715. The van der Waals surface area contributed by atoms with E-state index in [-0.39, 0.29) is 5.92 Å². The topological polar surface area (TPSA) is 69.1 Å². The van der Waals surface area contributed by atoms with Crippen LogP contribution in [0.2, 0.25) is 0 Å². The van der Waals surface area contributed by atoms with E-state index < -0.39 is 0 Å². The van der Waals surface area contributed by atoms with Crippen LogP contribution in [0.1, 0.15) is 27.9 Å². The van der Waals surface area contributed by atoms with Crippen molar-refractivity contribution in [3.63, 3.8) is 0 Å². The molecule has 0 saturated carbocycles. The Bertz CT molecular complexity index is 890. The summed E-state index contributed by atoms with van der Waals surface area (Å²) >= 11 is 1.49. The highest BCUT2D eigenvalue weighted by Gasteiger charge is 2.19. The predicted molar refractivity (Wildman–Crippen MR) is 95.0 cm³/mol. The average molecular weight is 335 g/mol.